The molecule has 0 radical (unpaired) electrons. The predicted molar refractivity (Wildman–Crippen MR) is 81.0 cm³/mol. The summed E-state index contributed by atoms with van der Waals surface area (Å²) in [5.41, 5.74) is 0.817. The molecule has 2 rings (SSSR count). The first kappa shape index (κ1) is 14.7. The highest BCUT2D eigenvalue weighted by molar-refractivity contribution is 9.11. The number of pyridine rings is 1. The number of carbonyl (C=O) groups is 2. The van der Waals surface area contributed by atoms with Crippen LogP contribution in [0.2, 0.25) is 0 Å². The second kappa shape index (κ2) is 6.15. The van der Waals surface area contributed by atoms with E-state index in [1.54, 1.807) is 12.1 Å². The summed E-state index contributed by atoms with van der Waals surface area (Å²) in [7, 11) is 0. The number of hydrogen-bond acceptors (Lipinski definition) is 3. The number of anilines is 1. The molecule has 1 aromatic carbocycles. The molecule has 102 valence electrons. The first-order valence-electron chi connectivity index (χ1n) is 5.42. The van der Waals surface area contributed by atoms with Gasteiger partial charge < -0.3 is 10.4 Å². The minimum atomic E-state index is -1.11. The van der Waals surface area contributed by atoms with Gasteiger partial charge in [0, 0.05) is 14.5 Å². The lowest BCUT2D eigenvalue weighted by atomic mass is 10.2. The van der Waals surface area contributed by atoms with Gasteiger partial charge in [0.1, 0.15) is 5.69 Å². The first-order chi connectivity index (χ1) is 9.45. The van der Waals surface area contributed by atoms with E-state index in [1.807, 2.05) is 6.07 Å². The van der Waals surface area contributed by atoms with Crippen molar-refractivity contribution in [1.82, 2.24) is 4.98 Å². The number of halogens is 2. The lowest BCUT2D eigenvalue weighted by molar-refractivity contribution is 0.0690. The van der Waals surface area contributed by atoms with Crippen molar-refractivity contribution in [2.75, 3.05) is 5.32 Å². The van der Waals surface area contributed by atoms with Gasteiger partial charge in [0.05, 0.1) is 11.9 Å². The molecular weight excluding hydrogens is 392 g/mol. The van der Waals surface area contributed by atoms with Crippen molar-refractivity contribution < 1.29 is 14.7 Å². The maximum absolute atomic E-state index is 12.0. The number of carbonyl (C=O) groups excluding carboxylic acids is 1. The average molecular weight is 400 g/mol. The minimum Gasteiger partial charge on any atom is -0.477 e. The molecule has 20 heavy (non-hydrogen) atoms. The highest BCUT2D eigenvalue weighted by Gasteiger charge is 2.09. The van der Waals surface area contributed by atoms with Crippen LogP contribution in [0.3, 0.4) is 0 Å². The summed E-state index contributed by atoms with van der Waals surface area (Å²) < 4.78 is 1.55. The van der Waals surface area contributed by atoms with Gasteiger partial charge in [0.15, 0.2) is 0 Å². The van der Waals surface area contributed by atoms with Crippen molar-refractivity contribution >= 4 is 49.4 Å². The van der Waals surface area contributed by atoms with E-state index in [4.69, 9.17) is 5.11 Å². The SMILES string of the molecule is O=C(Nc1ccc(C(=O)O)nc1)c1cc(Br)cc(Br)c1. The van der Waals surface area contributed by atoms with Crippen LogP contribution < -0.4 is 5.32 Å². The van der Waals surface area contributed by atoms with Crippen molar-refractivity contribution in [2.24, 2.45) is 0 Å². The lowest BCUT2D eigenvalue weighted by Gasteiger charge is -2.06. The van der Waals surface area contributed by atoms with Crippen LogP contribution in [-0.2, 0) is 0 Å². The van der Waals surface area contributed by atoms with Crippen LogP contribution in [0.15, 0.2) is 45.5 Å². The molecular formula is C13H8Br2N2O3. The monoisotopic (exact) mass is 398 g/mol. The molecule has 1 aromatic heterocycles. The van der Waals surface area contributed by atoms with Gasteiger partial charge in [0.25, 0.3) is 5.91 Å². The van der Waals surface area contributed by atoms with Crippen LogP contribution in [0.25, 0.3) is 0 Å². The van der Waals surface area contributed by atoms with Crippen molar-refractivity contribution in [1.29, 1.82) is 0 Å². The zero-order valence-electron chi connectivity index (χ0n) is 9.93. The largest absolute Gasteiger partial charge is 0.477 e. The number of carboxylic acid groups (broad SMARTS) is 1. The van der Waals surface area contributed by atoms with E-state index in [0.717, 1.165) is 8.95 Å². The zero-order chi connectivity index (χ0) is 14.7. The van der Waals surface area contributed by atoms with E-state index in [0.29, 0.717) is 11.3 Å². The second-order valence-electron chi connectivity index (χ2n) is 3.85. The summed E-state index contributed by atoms with van der Waals surface area (Å²) in [6.45, 7) is 0. The minimum absolute atomic E-state index is 0.0757. The topological polar surface area (TPSA) is 79.3 Å². The summed E-state index contributed by atoms with van der Waals surface area (Å²) in [5, 5.41) is 11.4. The van der Waals surface area contributed by atoms with Gasteiger partial charge in [-0.15, -0.1) is 0 Å². The van der Waals surface area contributed by atoms with Crippen molar-refractivity contribution in [3.8, 4) is 0 Å². The fourth-order valence-corrected chi connectivity index (χ4v) is 2.78. The molecule has 0 fully saturated rings. The van der Waals surface area contributed by atoms with E-state index < -0.39 is 5.97 Å². The van der Waals surface area contributed by atoms with E-state index in [9.17, 15) is 9.59 Å². The molecule has 0 atom stereocenters. The number of carboxylic acids is 1. The summed E-state index contributed by atoms with van der Waals surface area (Å²) >= 11 is 6.61. The molecule has 2 N–H and O–H groups in total. The number of nitrogens with one attached hydrogen (secondary N) is 1. The molecule has 0 aliphatic rings. The van der Waals surface area contributed by atoms with Gasteiger partial charge in [-0.05, 0) is 30.3 Å². The fraction of sp³-hybridized carbons (Fsp3) is 0. The molecule has 0 saturated heterocycles. The van der Waals surface area contributed by atoms with Crippen LogP contribution in [0.1, 0.15) is 20.8 Å². The third-order valence-corrected chi connectivity index (χ3v) is 3.28. The standard InChI is InChI=1S/C13H8Br2N2O3/c14-8-3-7(4-9(15)5-8)12(18)17-10-1-2-11(13(19)20)16-6-10/h1-6H,(H,17,18)(H,19,20). The molecule has 0 unspecified atom stereocenters. The number of nitrogens with zero attached hydrogens (tertiary/aromatic N) is 1. The molecule has 0 spiro atoms. The van der Waals surface area contributed by atoms with Gasteiger partial charge in [-0.25, -0.2) is 9.78 Å². The molecule has 0 aliphatic heterocycles. The Hall–Kier alpha value is -1.73. The number of rotatable bonds is 3. The van der Waals surface area contributed by atoms with E-state index >= 15 is 0 Å². The Morgan fingerprint density at radius 1 is 1.10 bits per heavy atom. The number of hydrogen-bond donors (Lipinski definition) is 2. The van der Waals surface area contributed by atoms with Crippen molar-refractivity contribution in [3.05, 3.63) is 56.7 Å². The third kappa shape index (κ3) is 3.64. The normalized spacial score (nSPS) is 10.1. The van der Waals surface area contributed by atoms with Gasteiger partial charge in [0.2, 0.25) is 0 Å². The van der Waals surface area contributed by atoms with Gasteiger partial charge in [-0.1, -0.05) is 31.9 Å². The second-order valence-corrected chi connectivity index (χ2v) is 5.68. The van der Waals surface area contributed by atoms with Crippen LogP contribution in [0, 0.1) is 0 Å². The molecule has 0 aliphatic carbocycles. The summed E-state index contributed by atoms with van der Waals surface area (Å²) in [4.78, 5) is 26.4. The van der Waals surface area contributed by atoms with Crippen LogP contribution >= 0.6 is 31.9 Å². The number of aromatic nitrogens is 1. The Labute approximate surface area is 131 Å². The van der Waals surface area contributed by atoms with Crippen molar-refractivity contribution in [3.63, 3.8) is 0 Å². The van der Waals surface area contributed by atoms with Crippen molar-refractivity contribution in [2.45, 2.75) is 0 Å². The molecule has 0 bridgehead atoms. The number of aromatic carboxylic acids is 1. The number of amides is 1. The summed E-state index contributed by atoms with van der Waals surface area (Å²) in [6.07, 6.45) is 1.30. The Morgan fingerprint density at radius 2 is 1.75 bits per heavy atom. The Kier molecular flexibility index (Phi) is 4.51. The smallest absolute Gasteiger partial charge is 0.354 e. The van der Waals surface area contributed by atoms with E-state index in [2.05, 4.69) is 42.2 Å². The summed E-state index contributed by atoms with van der Waals surface area (Å²) in [6, 6.07) is 7.99. The summed E-state index contributed by atoms with van der Waals surface area (Å²) in [5.74, 6) is -1.42. The van der Waals surface area contributed by atoms with Gasteiger partial charge >= 0.3 is 5.97 Å². The Balaban J connectivity index is 2.16. The van der Waals surface area contributed by atoms with Gasteiger partial charge in [-0.2, -0.15) is 0 Å². The van der Waals surface area contributed by atoms with E-state index in [1.165, 1.54) is 18.3 Å². The maximum Gasteiger partial charge on any atom is 0.354 e. The quantitative estimate of drug-likeness (QED) is 0.826. The average Bonchev–Trinajstić information content (AvgIpc) is 2.38. The Morgan fingerprint density at radius 3 is 2.25 bits per heavy atom. The first-order valence-corrected chi connectivity index (χ1v) is 7.01. The van der Waals surface area contributed by atoms with Crippen LogP contribution in [0.4, 0.5) is 5.69 Å². The molecule has 0 saturated carbocycles. The van der Waals surface area contributed by atoms with E-state index in [-0.39, 0.29) is 11.6 Å². The molecule has 2 aromatic rings. The predicted octanol–water partition coefficient (Wildman–Crippen LogP) is 3.56. The third-order valence-electron chi connectivity index (χ3n) is 2.37. The van der Waals surface area contributed by atoms with Gasteiger partial charge in [-0.3, -0.25) is 4.79 Å². The molecule has 7 heteroatoms. The lowest BCUT2D eigenvalue weighted by Crippen LogP contribution is -2.12. The van der Waals surface area contributed by atoms with Crippen LogP contribution in [0.5, 0.6) is 0 Å². The molecule has 1 heterocycles. The highest BCUT2D eigenvalue weighted by Crippen LogP contribution is 2.21. The zero-order valence-corrected chi connectivity index (χ0v) is 13.1. The van der Waals surface area contributed by atoms with Crippen LogP contribution in [-0.4, -0.2) is 22.0 Å². The number of benzene rings is 1. The maximum atomic E-state index is 12.0. The highest BCUT2D eigenvalue weighted by atomic mass is 79.9. The fourth-order valence-electron chi connectivity index (χ4n) is 1.48. The molecule has 1 amide bonds. The molecule has 5 nitrogen and oxygen atoms in total. The Bertz CT molecular complexity index is 652.